The van der Waals surface area contributed by atoms with Gasteiger partial charge in [-0.05, 0) is 50.1 Å². The Bertz CT molecular complexity index is 520. The number of rotatable bonds is 4. The number of hydrogen-bond acceptors (Lipinski definition) is 5. The predicted octanol–water partition coefficient (Wildman–Crippen LogP) is 3.06. The Hall–Kier alpha value is -0.820. The minimum absolute atomic E-state index is 0.282. The zero-order valence-electron chi connectivity index (χ0n) is 12.8. The molecule has 0 saturated carbocycles. The van der Waals surface area contributed by atoms with Gasteiger partial charge in [-0.3, -0.25) is 0 Å². The number of carbonyl (C=O) groups excluding carboxylic acids is 1. The van der Waals surface area contributed by atoms with Crippen molar-refractivity contribution in [2.75, 3.05) is 13.2 Å². The maximum absolute atomic E-state index is 12.8. The normalized spacial score (nSPS) is 21.2. The number of esters is 1. The van der Waals surface area contributed by atoms with Crippen molar-refractivity contribution in [3.05, 3.63) is 34.0 Å². The van der Waals surface area contributed by atoms with E-state index in [1.165, 1.54) is 0 Å². The Morgan fingerprint density at radius 2 is 2.29 bits per heavy atom. The molecule has 0 saturated heterocycles. The number of hydrogen-bond donors (Lipinski definition) is 0. The van der Waals surface area contributed by atoms with Gasteiger partial charge in [0.25, 0.3) is 0 Å². The SMILES string of the molecule is CCOC(=O)C1=CCN([S+]([O-])C(C)(C)C)[C@H]1c1ccsc1. The van der Waals surface area contributed by atoms with Crippen LogP contribution in [0.2, 0.25) is 0 Å². The molecule has 4 nitrogen and oxygen atoms in total. The zero-order valence-corrected chi connectivity index (χ0v) is 14.4. The fourth-order valence-corrected chi connectivity index (χ4v) is 4.28. The molecule has 1 aliphatic heterocycles. The zero-order chi connectivity index (χ0) is 15.6. The van der Waals surface area contributed by atoms with Gasteiger partial charge in [0.1, 0.15) is 10.8 Å². The number of carbonyl (C=O) groups is 1. The van der Waals surface area contributed by atoms with Gasteiger partial charge in [-0.1, -0.05) is 6.08 Å². The lowest BCUT2D eigenvalue weighted by molar-refractivity contribution is -0.138. The molecule has 2 heterocycles. The van der Waals surface area contributed by atoms with Crippen LogP contribution in [0.3, 0.4) is 0 Å². The smallest absolute Gasteiger partial charge is 0.335 e. The van der Waals surface area contributed by atoms with Gasteiger partial charge in [0.15, 0.2) is 0 Å². The van der Waals surface area contributed by atoms with Crippen LogP contribution in [-0.4, -0.2) is 32.7 Å². The summed E-state index contributed by atoms with van der Waals surface area (Å²) in [6.45, 7) is 8.45. The Balaban J connectivity index is 2.31. The van der Waals surface area contributed by atoms with Crippen LogP contribution in [0, 0.1) is 0 Å². The van der Waals surface area contributed by atoms with Crippen molar-refractivity contribution < 1.29 is 14.1 Å². The van der Waals surface area contributed by atoms with Gasteiger partial charge in [-0.25, -0.2) is 4.79 Å². The topological polar surface area (TPSA) is 52.6 Å². The van der Waals surface area contributed by atoms with Gasteiger partial charge in [-0.15, -0.1) is 4.31 Å². The van der Waals surface area contributed by atoms with Crippen LogP contribution in [0.15, 0.2) is 28.5 Å². The Morgan fingerprint density at radius 3 is 2.81 bits per heavy atom. The van der Waals surface area contributed by atoms with Gasteiger partial charge in [0.2, 0.25) is 0 Å². The molecule has 0 N–H and O–H groups in total. The average Bonchev–Trinajstić information content (AvgIpc) is 3.05. The van der Waals surface area contributed by atoms with Gasteiger partial charge in [0, 0.05) is 11.4 Å². The molecule has 0 aliphatic carbocycles. The van der Waals surface area contributed by atoms with Crippen molar-refractivity contribution in [1.82, 2.24) is 4.31 Å². The molecule has 1 aliphatic rings. The third kappa shape index (κ3) is 3.51. The van der Waals surface area contributed by atoms with Crippen molar-refractivity contribution in [2.45, 2.75) is 38.5 Å². The molecular weight excluding hydrogens is 306 g/mol. The van der Waals surface area contributed by atoms with E-state index in [2.05, 4.69) is 0 Å². The molecule has 1 unspecified atom stereocenters. The monoisotopic (exact) mass is 327 g/mol. The number of ether oxygens (including phenoxy) is 1. The van der Waals surface area contributed by atoms with Crippen LogP contribution >= 0.6 is 11.3 Å². The molecule has 2 atom stereocenters. The maximum atomic E-state index is 12.8. The molecule has 1 aromatic rings. The highest BCUT2D eigenvalue weighted by molar-refractivity contribution is 7.90. The minimum atomic E-state index is -1.19. The summed E-state index contributed by atoms with van der Waals surface area (Å²) in [5.74, 6) is -0.317. The Morgan fingerprint density at radius 1 is 1.57 bits per heavy atom. The molecule has 0 spiro atoms. The van der Waals surface area contributed by atoms with Gasteiger partial charge in [-0.2, -0.15) is 11.3 Å². The molecule has 116 valence electrons. The van der Waals surface area contributed by atoms with Crippen molar-refractivity contribution in [2.24, 2.45) is 0 Å². The van der Waals surface area contributed by atoms with Crippen LogP contribution in [-0.2, 0) is 20.9 Å². The lowest BCUT2D eigenvalue weighted by atomic mass is 10.0. The molecular formula is C15H21NO3S2. The molecule has 6 heteroatoms. The summed E-state index contributed by atoms with van der Waals surface area (Å²) in [4.78, 5) is 12.2. The van der Waals surface area contributed by atoms with Gasteiger partial charge in [0.05, 0.1) is 18.7 Å². The summed E-state index contributed by atoms with van der Waals surface area (Å²) in [5, 5.41) is 3.96. The molecule has 0 bridgehead atoms. The predicted molar refractivity (Wildman–Crippen MR) is 86.4 cm³/mol. The molecule has 21 heavy (non-hydrogen) atoms. The third-order valence-corrected chi connectivity index (χ3v) is 5.72. The largest absolute Gasteiger partial charge is 0.597 e. The van der Waals surface area contributed by atoms with E-state index in [1.54, 1.807) is 18.3 Å². The van der Waals surface area contributed by atoms with E-state index >= 15 is 0 Å². The Kier molecular flexibility index (Phi) is 5.14. The highest BCUT2D eigenvalue weighted by atomic mass is 32.2. The summed E-state index contributed by atoms with van der Waals surface area (Å²) < 4.78 is 19.4. The van der Waals surface area contributed by atoms with E-state index in [-0.39, 0.29) is 16.8 Å². The second-order valence-electron chi connectivity index (χ2n) is 5.80. The van der Waals surface area contributed by atoms with Crippen LogP contribution in [0.5, 0.6) is 0 Å². The maximum Gasteiger partial charge on any atom is 0.335 e. The second-order valence-corrected chi connectivity index (χ2v) is 8.77. The van der Waals surface area contributed by atoms with E-state index in [1.807, 2.05) is 48.0 Å². The number of thiophene rings is 1. The van der Waals surface area contributed by atoms with Crippen molar-refractivity contribution in [1.29, 1.82) is 0 Å². The van der Waals surface area contributed by atoms with Gasteiger partial charge >= 0.3 is 5.97 Å². The van der Waals surface area contributed by atoms with Crippen LogP contribution in [0.4, 0.5) is 0 Å². The van der Waals surface area contributed by atoms with E-state index < -0.39 is 11.4 Å². The molecule has 2 rings (SSSR count). The lowest BCUT2D eigenvalue weighted by Gasteiger charge is -2.34. The average molecular weight is 327 g/mol. The summed E-state index contributed by atoms with van der Waals surface area (Å²) in [6, 6.07) is 1.69. The molecule has 0 radical (unpaired) electrons. The fraction of sp³-hybridized carbons (Fsp3) is 0.533. The fourth-order valence-electron chi connectivity index (χ4n) is 2.26. The van der Waals surface area contributed by atoms with Crippen LogP contribution < -0.4 is 0 Å². The third-order valence-electron chi connectivity index (χ3n) is 3.18. The first-order chi connectivity index (χ1) is 9.86. The molecule has 1 aromatic heterocycles. The second kappa shape index (κ2) is 6.52. The van der Waals surface area contributed by atoms with Crippen molar-refractivity contribution in [3.63, 3.8) is 0 Å². The molecule has 0 amide bonds. The first kappa shape index (κ1) is 16.5. The first-order valence-electron chi connectivity index (χ1n) is 6.94. The summed E-state index contributed by atoms with van der Waals surface area (Å²) in [5.41, 5.74) is 1.59. The van der Waals surface area contributed by atoms with E-state index in [0.29, 0.717) is 18.7 Å². The highest BCUT2D eigenvalue weighted by Gasteiger charge is 2.44. The molecule has 0 fully saturated rings. The van der Waals surface area contributed by atoms with Gasteiger partial charge < -0.3 is 9.29 Å². The summed E-state index contributed by atoms with van der Waals surface area (Å²) in [6.07, 6.45) is 1.84. The molecule has 0 aromatic carbocycles. The van der Waals surface area contributed by atoms with Crippen molar-refractivity contribution >= 4 is 28.7 Å². The standard InChI is InChI=1S/C15H21NO3S2/c1-5-19-14(17)12-6-8-16(21(18)15(2,3)4)13(12)11-7-9-20-10-11/h6-7,9-10,13H,5,8H2,1-4H3/t13-,21?/m0/s1. The lowest BCUT2D eigenvalue weighted by Crippen LogP contribution is -2.43. The Labute approximate surface area is 133 Å². The van der Waals surface area contributed by atoms with Crippen LogP contribution in [0.25, 0.3) is 0 Å². The quantitative estimate of drug-likeness (QED) is 0.630. The summed E-state index contributed by atoms with van der Waals surface area (Å²) in [7, 11) is 0. The van der Waals surface area contributed by atoms with E-state index in [4.69, 9.17) is 4.74 Å². The minimum Gasteiger partial charge on any atom is -0.597 e. The summed E-state index contributed by atoms with van der Waals surface area (Å²) >= 11 is 0.379. The van der Waals surface area contributed by atoms with Crippen molar-refractivity contribution in [3.8, 4) is 0 Å². The van der Waals surface area contributed by atoms with E-state index in [0.717, 1.165) is 5.56 Å². The number of nitrogens with zero attached hydrogens (tertiary/aromatic N) is 1. The van der Waals surface area contributed by atoms with E-state index in [9.17, 15) is 9.35 Å². The highest BCUT2D eigenvalue weighted by Crippen LogP contribution is 2.39. The first-order valence-corrected chi connectivity index (χ1v) is 8.99. The van der Waals surface area contributed by atoms with Crippen LogP contribution in [0.1, 0.15) is 39.3 Å².